The molecule has 0 bridgehead atoms. The number of ether oxygens (including phenoxy) is 3. The summed E-state index contributed by atoms with van der Waals surface area (Å²) in [5.41, 5.74) is 4.91. The van der Waals surface area contributed by atoms with E-state index in [0.717, 1.165) is 33.2 Å². The Morgan fingerprint density at radius 3 is 2.50 bits per heavy atom. The summed E-state index contributed by atoms with van der Waals surface area (Å²) in [5, 5.41) is 3.83. The lowest BCUT2D eigenvalue weighted by Gasteiger charge is -2.13. The highest BCUT2D eigenvalue weighted by molar-refractivity contribution is 6.06. The van der Waals surface area contributed by atoms with E-state index in [2.05, 4.69) is 5.32 Å². The van der Waals surface area contributed by atoms with Gasteiger partial charge in [0.2, 0.25) is 5.91 Å². The molecular formula is C28H27NO5. The number of anilines is 1. The van der Waals surface area contributed by atoms with Crippen LogP contribution in [-0.2, 0) is 4.79 Å². The van der Waals surface area contributed by atoms with Crippen molar-refractivity contribution in [1.82, 2.24) is 0 Å². The van der Waals surface area contributed by atoms with E-state index in [1.54, 1.807) is 44.8 Å². The Bertz CT molecular complexity index is 1340. The molecule has 4 rings (SSSR count). The van der Waals surface area contributed by atoms with Crippen molar-refractivity contribution in [3.05, 3.63) is 78.6 Å². The van der Waals surface area contributed by atoms with Gasteiger partial charge in [-0.25, -0.2) is 0 Å². The number of methoxy groups -OCH3 is 2. The minimum Gasteiger partial charge on any atom is -0.497 e. The molecule has 1 aromatic heterocycles. The number of allylic oxidation sites excluding steroid dienone is 1. The molecule has 0 saturated carbocycles. The summed E-state index contributed by atoms with van der Waals surface area (Å²) in [4.78, 5) is 12.9. The second kappa shape index (κ2) is 10.2. The number of fused-ring (bicyclic) bond motifs is 1. The largest absolute Gasteiger partial charge is 0.497 e. The highest BCUT2D eigenvalue weighted by atomic mass is 16.5. The van der Waals surface area contributed by atoms with Gasteiger partial charge < -0.3 is 23.9 Å². The van der Waals surface area contributed by atoms with Crippen molar-refractivity contribution in [3.63, 3.8) is 0 Å². The summed E-state index contributed by atoms with van der Waals surface area (Å²) in [6.45, 7) is 4.30. The molecule has 4 aromatic rings. The summed E-state index contributed by atoms with van der Waals surface area (Å²) in [5.74, 6) is 1.54. The third-order valence-electron chi connectivity index (χ3n) is 5.50. The van der Waals surface area contributed by atoms with Gasteiger partial charge >= 0.3 is 0 Å². The Morgan fingerprint density at radius 2 is 1.79 bits per heavy atom. The summed E-state index contributed by atoms with van der Waals surface area (Å²) in [6, 6.07) is 19.2. The van der Waals surface area contributed by atoms with E-state index in [9.17, 15) is 4.79 Å². The zero-order chi connectivity index (χ0) is 24.1. The molecule has 0 fully saturated rings. The van der Waals surface area contributed by atoms with Crippen molar-refractivity contribution in [1.29, 1.82) is 0 Å². The van der Waals surface area contributed by atoms with Crippen LogP contribution >= 0.6 is 0 Å². The predicted octanol–water partition coefficient (Wildman–Crippen LogP) is 6.56. The summed E-state index contributed by atoms with van der Waals surface area (Å²) in [6.07, 6.45) is 3.30. The number of carbonyl (C=O) groups is 1. The standard InChI is InChI=1S/C28H27NO5/c1-5-33-25-16-26-22(23(17-34-26)19-9-7-6-8-10-19)15-21(25)18(2)13-28(30)29-24-12-11-20(31-3)14-27(24)32-4/h6-17H,5H2,1-4H3,(H,29,30)/b18-13+. The van der Waals surface area contributed by atoms with Crippen LogP contribution in [0.25, 0.3) is 27.7 Å². The van der Waals surface area contributed by atoms with Crippen molar-refractivity contribution in [3.8, 4) is 28.4 Å². The van der Waals surface area contributed by atoms with Gasteiger partial charge in [-0.05, 0) is 43.2 Å². The normalized spacial score (nSPS) is 11.4. The fraction of sp³-hybridized carbons (Fsp3) is 0.179. The predicted molar refractivity (Wildman–Crippen MR) is 135 cm³/mol. The van der Waals surface area contributed by atoms with Crippen molar-refractivity contribution >= 4 is 28.1 Å². The highest BCUT2D eigenvalue weighted by Gasteiger charge is 2.16. The van der Waals surface area contributed by atoms with E-state index >= 15 is 0 Å². The van der Waals surface area contributed by atoms with Crippen LogP contribution in [0.1, 0.15) is 19.4 Å². The van der Waals surface area contributed by atoms with Crippen LogP contribution < -0.4 is 19.5 Å². The Kier molecular flexibility index (Phi) is 6.87. The van der Waals surface area contributed by atoms with Crippen LogP contribution in [0.2, 0.25) is 0 Å². The summed E-state index contributed by atoms with van der Waals surface area (Å²) < 4.78 is 22.3. The van der Waals surface area contributed by atoms with Gasteiger partial charge in [-0.15, -0.1) is 0 Å². The SMILES string of the molecule is CCOc1cc2occ(-c3ccccc3)c2cc1/C(C)=C/C(=O)Nc1ccc(OC)cc1OC. The molecule has 0 saturated heterocycles. The Morgan fingerprint density at radius 1 is 1.00 bits per heavy atom. The Hall–Kier alpha value is -4.19. The van der Waals surface area contributed by atoms with E-state index in [0.29, 0.717) is 29.5 Å². The van der Waals surface area contributed by atoms with Crippen molar-refractivity contribution < 1.29 is 23.4 Å². The monoisotopic (exact) mass is 457 g/mol. The van der Waals surface area contributed by atoms with E-state index in [4.69, 9.17) is 18.6 Å². The Labute approximate surface area is 198 Å². The van der Waals surface area contributed by atoms with Crippen molar-refractivity contribution in [2.45, 2.75) is 13.8 Å². The molecule has 6 heteroatoms. The van der Waals surface area contributed by atoms with Crippen LogP contribution in [0.3, 0.4) is 0 Å². The number of carbonyl (C=O) groups excluding carboxylic acids is 1. The first-order chi connectivity index (χ1) is 16.5. The average Bonchev–Trinajstić information content (AvgIpc) is 3.27. The molecular weight excluding hydrogens is 430 g/mol. The molecule has 1 N–H and O–H groups in total. The van der Waals surface area contributed by atoms with Crippen LogP contribution in [0.15, 0.2) is 77.4 Å². The molecule has 174 valence electrons. The van der Waals surface area contributed by atoms with E-state index < -0.39 is 0 Å². The number of nitrogens with one attached hydrogen (secondary N) is 1. The third-order valence-corrected chi connectivity index (χ3v) is 5.50. The fourth-order valence-electron chi connectivity index (χ4n) is 3.82. The smallest absolute Gasteiger partial charge is 0.248 e. The summed E-state index contributed by atoms with van der Waals surface area (Å²) in [7, 11) is 3.12. The molecule has 0 aliphatic carbocycles. The quantitative estimate of drug-likeness (QED) is 0.304. The van der Waals surface area contributed by atoms with Gasteiger partial charge in [-0.2, -0.15) is 0 Å². The van der Waals surface area contributed by atoms with Gasteiger partial charge in [0.25, 0.3) is 0 Å². The zero-order valence-corrected chi connectivity index (χ0v) is 19.7. The van der Waals surface area contributed by atoms with Gasteiger partial charge in [-0.3, -0.25) is 4.79 Å². The van der Waals surface area contributed by atoms with Crippen molar-refractivity contribution in [2.75, 3.05) is 26.1 Å². The van der Waals surface area contributed by atoms with Crippen LogP contribution in [-0.4, -0.2) is 26.7 Å². The first-order valence-corrected chi connectivity index (χ1v) is 11.0. The van der Waals surface area contributed by atoms with E-state index in [-0.39, 0.29) is 5.91 Å². The first kappa shape index (κ1) is 23.0. The lowest BCUT2D eigenvalue weighted by molar-refractivity contribution is -0.111. The van der Waals surface area contributed by atoms with Gasteiger partial charge in [0.15, 0.2) is 0 Å². The Balaban J connectivity index is 1.69. The average molecular weight is 458 g/mol. The fourth-order valence-corrected chi connectivity index (χ4v) is 3.82. The molecule has 0 atom stereocenters. The van der Waals surface area contributed by atoms with Crippen LogP contribution in [0.5, 0.6) is 17.2 Å². The maximum Gasteiger partial charge on any atom is 0.248 e. The second-order valence-corrected chi connectivity index (χ2v) is 7.68. The topological polar surface area (TPSA) is 69.9 Å². The number of hydrogen-bond acceptors (Lipinski definition) is 5. The molecule has 3 aromatic carbocycles. The second-order valence-electron chi connectivity index (χ2n) is 7.68. The van der Waals surface area contributed by atoms with E-state index in [1.807, 2.05) is 56.3 Å². The molecule has 1 heterocycles. The molecule has 6 nitrogen and oxygen atoms in total. The number of rotatable bonds is 8. The summed E-state index contributed by atoms with van der Waals surface area (Å²) >= 11 is 0. The zero-order valence-electron chi connectivity index (χ0n) is 19.7. The van der Waals surface area contributed by atoms with Crippen LogP contribution in [0, 0.1) is 0 Å². The van der Waals surface area contributed by atoms with Gasteiger partial charge in [-0.1, -0.05) is 30.3 Å². The lowest BCUT2D eigenvalue weighted by Crippen LogP contribution is -2.10. The van der Waals surface area contributed by atoms with Gasteiger partial charge in [0, 0.05) is 34.7 Å². The number of hydrogen-bond donors (Lipinski definition) is 1. The van der Waals surface area contributed by atoms with E-state index in [1.165, 1.54) is 0 Å². The molecule has 1 amide bonds. The molecule has 0 aliphatic rings. The molecule has 34 heavy (non-hydrogen) atoms. The van der Waals surface area contributed by atoms with Crippen LogP contribution in [0.4, 0.5) is 5.69 Å². The van der Waals surface area contributed by atoms with Gasteiger partial charge in [0.1, 0.15) is 22.8 Å². The molecule has 0 spiro atoms. The molecule has 0 unspecified atom stereocenters. The van der Waals surface area contributed by atoms with Gasteiger partial charge in [0.05, 0.1) is 32.8 Å². The minimum absolute atomic E-state index is 0.279. The molecule has 0 radical (unpaired) electrons. The molecule has 0 aliphatic heterocycles. The number of amides is 1. The first-order valence-electron chi connectivity index (χ1n) is 11.0. The minimum atomic E-state index is -0.279. The number of furan rings is 1. The lowest BCUT2D eigenvalue weighted by atomic mass is 9.99. The highest BCUT2D eigenvalue weighted by Crippen LogP contribution is 2.37. The number of benzene rings is 3. The maximum atomic E-state index is 12.9. The third kappa shape index (κ3) is 4.76. The van der Waals surface area contributed by atoms with Crippen molar-refractivity contribution in [2.24, 2.45) is 0 Å². The maximum absolute atomic E-state index is 12.9.